The second kappa shape index (κ2) is 10.9. The first-order valence-electron chi connectivity index (χ1n) is 10.5. The van der Waals surface area contributed by atoms with Crippen LogP contribution in [0.15, 0.2) is 64.2 Å². The number of methoxy groups -OCH3 is 1. The lowest BCUT2D eigenvalue weighted by Gasteiger charge is -2.24. The Morgan fingerprint density at radius 3 is 2.37 bits per heavy atom. The molecule has 12 heteroatoms. The Hall–Kier alpha value is -4.06. The van der Waals surface area contributed by atoms with E-state index in [1.54, 1.807) is 24.3 Å². The number of anilines is 3. The van der Waals surface area contributed by atoms with Crippen molar-refractivity contribution in [3.63, 3.8) is 0 Å². The van der Waals surface area contributed by atoms with E-state index >= 15 is 0 Å². The smallest absolute Gasteiger partial charge is 0.383 e. The van der Waals surface area contributed by atoms with Gasteiger partial charge < -0.3 is 20.7 Å². The van der Waals surface area contributed by atoms with Crippen LogP contribution in [0.2, 0.25) is 0 Å². The van der Waals surface area contributed by atoms with Gasteiger partial charge in [-0.2, -0.15) is 13.2 Å². The Kier molecular flexibility index (Phi) is 7.97. The van der Waals surface area contributed by atoms with Crippen LogP contribution in [-0.2, 0) is 22.3 Å². The third-order valence-electron chi connectivity index (χ3n) is 5.14. The minimum atomic E-state index is -4.48. The van der Waals surface area contributed by atoms with Crippen LogP contribution in [0.25, 0.3) is 0 Å². The molecule has 35 heavy (non-hydrogen) atoms. The number of benzene rings is 2. The summed E-state index contributed by atoms with van der Waals surface area (Å²) in [5.74, 6) is -0.814. The Labute approximate surface area is 197 Å². The van der Waals surface area contributed by atoms with E-state index < -0.39 is 28.9 Å². The SMILES string of the molecule is COCCN(C(=O)CNc1ccc(C(F)(F)F)cc1)c1c(N)n(Cc2ccccc2)c(=O)[nH]c1=O. The molecule has 186 valence electrons. The summed E-state index contributed by atoms with van der Waals surface area (Å²) in [5.41, 5.74) is 4.58. The molecule has 0 aliphatic rings. The average molecular weight is 491 g/mol. The topological polar surface area (TPSA) is 122 Å². The van der Waals surface area contributed by atoms with Gasteiger partial charge in [-0.05, 0) is 29.8 Å². The number of hydrogen-bond acceptors (Lipinski definition) is 6. The number of nitrogen functional groups attached to an aromatic ring is 1. The summed E-state index contributed by atoms with van der Waals surface area (Å²) < 4.78 is 44.5. The van der Waals surface area contributed by atoms with Crippen LogP contribution in [-0.4, -0.2) is 42.3 Å². The monoisotopic (exact) mass is 491 g/mol. The number of aromatic nitrogens is 2. The van der Waals surface area contributed by atoms with Gasteiger partial charge in [0.05, 0.1) is 25.3 Å². The number of halogens is 3. The van der Waals surface area contributed by atoms with Crippen molar-refractivity contribution in [2.24, 2.45) is 0 Å². The summed E-state index contributed by atoms with van der Waals surface area (Å²) in [5, 5.41) is 2.73. The molecule has 1 amide bonds. The third kappa shape index (κ3) is 6.29. The molecule has 0 atom stereocenters. The van der Waals surface area contributed by atoms with Crippen molar-refractivity contribution < 1.29 is 22.7 Å². The summed E-state index contributed by atoms with van der Waals surface area (Å²) in [6.45, 7) is -0.291. The number of carbonyl (C=O) groups excluding carboxylic acids is 1. The number of H-pyrrole nitrogens is 1. The molecular formula is C23H24F3N5O4. The van der Waals surface area contributed by atoms with Crippen molar-refractivity contribution in [1.82, 2.24) is 9.55 Å². The number of rotatable bonds is 9. The van der Waals surface area contributed by atoms with E-state index in [2.05, 4.69) is 10.3 Å². The fourth-order valence-electron chi connectivity index (χ4n) is 3.36. The van der Waals surface area contributed by atoms with Crippen LogP contribution in [0, 0.1) is 0 Å². The van der Waals surface area contributed by atoms with Crippen molar-refractivity contribution in [2.45, 2.75) is 12.7 Å². The Bertz CT molecular complexity index is 1270. The van der Waals surface area contributed by atoms with Crippen LogP contribution in [0.5, 0.6) is 0 Å². The van der Waals surface area contributed by atoms with Crippen molar-refractivity contribution in [3.05, 3.63) is 86.6 Å². The first-order chi connectivity index (χ1) is 16.6. The van der Waals surface area contributed by atoms with Gasteiger partial charge in [-0.25, -0.2) is 4.79 Å². The fraction of sp³-hybridized carbons (Fsp3) is 0.261. The second-order valence-corrected chi connectivity index (χ2v) is 7.53. The van der Waals surface area contributed by atoms with Gasteiger partial charge in [0, 0.05) is 19.3 Å². The number of nitrogens with zero attached hydrogens (tertiary/aromatic N) is 2. The Morgan fingerprint density at radius 1 is 1.11 bits per heavy atom. The minimum Gasteiger partial charge on any atom is -0.383 e. The van der Waals surface area contributed by atoms with Crippen LogP contribution in [0.4, 0.5) is 30.4 Å². The van der Waals surface area contributed by atoms with E-state index in [-0.39, 0.29) is 43.4 Å². The molecular weight excluding hydrogens is 467 g/mol. The third-order valence-corrected chi connectivity index (χ3v) is 5.14. The zero-order valence-corrected chi connectivity index (χ0v) is 18.8. The molecule has 0 spiro atoms. The number of amides is 1. The lowest BCUT2D eigenvalue weighted by atomic mass is 10.2. The first kappa shape index (κ1) is 25.6. The van der Waals surface area contributed by atoms with Crippen LogP contribution in [0.3, 0.4) is 0 Å². The highest BCUT2D eigenvalue weighted by Gasteiger charge is 2.30. The predicted octanol–water partition coefficient (Wildman–Crippen LogP) is 2.28. The van der Waals surface area contributed by atoms with E-state index in [0.29, 0.717) is 0 Å². The average Bonchev–Trinajstić information content (AvgIpc) is 2.82. The quantitative estimate of drug-likeness (QED) is 0.422. The molecule has 9 nitrogen and oxygen atoms in total. The summed E-state index contributed by atoms with van der Waals surface area (Å²) in [6.07, 6.45) is -4.48. The molecule has 0 saturated heterocycles. The predicted molar refractivity (Wildman–Crippen MR) is 125 cm³/mol. The number of nitrogens with one attached hydrogen (secondary N) is 2. The molecule has 0 bridgehead atoms. The van der Waals surface area contributed by atoms with E-state index in [9.17, 15) is 27.6 Å². The van der Waals surface area contributed by atoms with Crippen LogP contribution >= 0.6 is 0 Å². The normalized spacial score (nSPS) is 11.3. The van der Waals surface area contributed by atoms with Gasteiger partial charge in [-0.1, -0.05) is 30.3 Å². The summed E-state index contributed by atoms with van der Waals surface area (Å²) in [4.78, 5) is 41.4. The van der Waals surface area contributed by atoms with Crippen LogP contribution in [0.1, 0.15) is 11.1 Å². The molecule has 0 fully saturated rings. The number of alkyl halides is 3. The van der Waals surface area contributed by atoms with Gasteiger partial charge in [0.1, 0.15) is 5.82 Å². The number of ether oxygens (including phenoxy) is 1. The van der Waals surface area contributed by atoms with Crippen molar-refractivity contribution in [3.8, 4) is 0 Å². The molecule has 0 unspecified atom stereocenters. The lowest BCUT2D eigenvalue weighted by molar-refractivity contribution is -0.137. The van der Waals surface area contributed by atoms with Crippen molar-refractivity contribution in [1.29, 1.82) is 0 Å². The van der Waals surface area contributed by atoms with Gasteiger partial charge in [-0.15, -0.1) is 0 Å². The second-order valence-electron chi connectivity index (χ2n) is 7.53. The summed E-state index contributed by atoms with van der Waals surface area (Å²) in [6, 6.07) is 13.1. The van der Waals surface area contributed by atoms with Gasteiger partial charge in [0.15, 0.2) is 5.69 Å². The maximum atomic E-state index is 13.0. The number of nitrogens with two attached hydrogens (primary N) is 1. The van der Waals surface area contributed by atoms with Gasteiger partial charge >= 0.3 is 11.9 Å². The molecule has 4 N–H and O–H groups in total. The molecule has 0 saturated carbocycles. The first-order valence-corrected chi connectivity index (χ1v) is 10.5. The Balaban J connectivity index is 1.88. The number of carbonyl (C=O) groups is 1. The molecule has 2 aromatic carbocycles. The molecule has 0 aliphatic carbocycles. The van der Waals surface area contributed by atoms with E-state index in [0.717, 1.165) is 27.2 Å². The molecule has 1 heterocycles. The van der Waals surface area contributed by atoms with Crippen molar-refractivity contribution >= 4 is 23.1 Å². The molecule has 0 radical (unpaired) electrons. The summed E-state index contributed by atoms with van der Waals surface area (Å²) >= 11 is 0. The van der Waals surface area contributed by atoms with E-state index in [4.69, 9.17) is 10.5 Å². The fourth-order valence-corrected chi connectivity index (χ4v) is 3.36. The van der Waals surface area contributed by atoms with Gasteiger partial charge in [0.2, 0.25) is 5.91 Å². The zero-order valence-electron chi connectivity index (χ0n) is 18.8. The maximum Gasteiger partial charge on any atom is 0.416 e. The van der Waals surface area contributed by atoms with E-state index in [1.165, 1.54) is 19.2 Å². The number of aromatic amines is 1. The standard InChI is InChI=1S/C23H24F3N5O4/c1-35-12-11-30(18(32)13-28-17-9-7-16(8-10-17)23(24,25)26)19-20(27)31(22(34)29-21(19)33)14-15-5-3-2-4-6-15/h2-10,28H,11-14,27H2,1H3,(H,29,33,34). The number of hydrogen-bond donors (Lipinski definition) is 3. The molecule has 0 aliphatic heterocycles. The van der Waals surface area contributed by atoms with Crippen LogP contribution < -0.4 is 27.2 Å². The molecule has 1 aromatic heterocycles. The maximum absolute atomic E-state index is 13.0. The highest BCUT2D eigenvalue weighted by Crippen LogP contribution is 2.29. The zero-order chi connectivity index (χ0) is 25.6. The van der Waals surface area contributed by atoms with E-state index in [1.807, 2.05) is 6.07 Å². The van der Waals surface area contributed by atoms with Gasteiger partial charge in [0.25, 0.3) is 5.56 Å². The highest BCUT2D eigenvalue weighted by molar-refractivity contribution is 5.98. The lowest BCUT2D eigenvalue weighted by Crippen LogP contribution is -2.44. The van der Waals surface area contributed by atoms with Crippen molar-refractivity contribution in [2.75, 3.05) is 42.8 Å². The largest absolute Gasteiger partial charge is 0.416 e. The Morgan fingerprint density at radius 2 is 1.77 bits per heavy atom. The molecule has 3 rings (SSSR count). The summed E-state index contributed by atoms with van der Waals surface area (Å²) in [7, 11) is 1.41. The van der Waals surface area contributed by atoms with Gasteiger partial charge in [-0.3, -0.25) is 19.1 Å². The highest BCUT2D eigenvalue weighted by atomic mass is 19.4. The molecule has 3 aromatic rings. The minimum absolute atomic E-state index is 0.0547.